The van der Waals surface area contributed by atoms with Crippen LogP contribution in [0.3, 0.4) is 0 Å². The summed E-state index contributed by atoms with van der Waals surface area (Å²) in [6.45, 7) is 6.37. The molecule has 2 N–H and O–H groups in total. The molecule has 1 fully saturated rings. The monoisotopic (exact) mass is 431 g/mol. The van der Waals surface area contributed by atoms with Gasteiger partial charge >= 0.3 is 0 Å². The molecule has 0 saturated carbocycles. The predicted octanol–water partition coefficient (Wildman–Crippen LogP) is 3.65. The van der Waals surface area contributed by atoms with Crippen LogP contribution in [0.4, 0.5) is 0 Å². The van der Waals surface area contributed by atoms with Crippen molar-refractivity contribution < 1.29 is 4.74 Å². The lowest BCUT2D eigenvalue weighted by Gasteiger charge is -2.21. The number of nitrogens with two attached hydrogens (primary N) is 1. The number of hydrogen-bond donors (Lipinski definition) is 1. The van der Waals surface area contributed by atoms with Gasteiger partial charge in [0.2, 0.25) is 0 Å². The maximum absolute atomic E-state index is 6.12. The molecule has 23 heavy (non-hydrogen) atoms. The highest BCUT2D eigenvalue weighted by atomic mass is 127. The topological polar surface area (TPSA) is 50.8 Å². The third-order valence-corrected chi connectivity index (χ3v) is 4.01. The molecule has 1 aromatic rings. The Kier molecular flexibility index (Phi) is 10.3. The Morgan fingerprint density at radius 2 is 1.83 bits per heavy atom. The van der Waals surface area contributed by atoms with Crippen molar-refractivity contribution in [3.63, 3.8) is 0 Å². The molecule has 1 saturated heterocycles. The fourth-order valence-electron chi connectivity index (χ4n) is 2.65. The van der Waals surface area contributed by atoms with Gasteiger partial charge in [-0.2, -0.15) is 0 Å². The van der Waals surface area contributed by atoms with Crippen LogP contribution in [0.5, 0.6) is 0 Å². The Morgan fingerprint density at radius 3 is 2.48 bits per heavy atom. The highest BCUT2D eigenvalue weighted by Crippen LogP contribution is 2.09. The molecule has 1 heterocycles. The van der Waals surface area contributed by atoms with Gasteiger partial charge in [0.25, 0.3) is 0 Å². The lowest BCUT2D eigenvalue weighted by Crippen LogP contribution is -2.38. The van der Waals surface area contributed by atoms with Crippen LogP contribution in [0.2, 0.25) is 0 Å². The summed E-state index contributed by atoms with van der Waals surface area (Å²) >= 11 is 0. The van der Waals surface area contributed by atoms with Gasteiger partial charge < -0.3 is 15.4 Å². The fourth-order valence-corrected chi connectivity index (χ4v) is 2.65. The SMILES string of the molecule is CC(CN=C(N)N1CCCCCC1)COCc1ccccc1.I. The zero-order valence-electron chi connectivity index (χ0n) is 14.1. The van der Waals surface area contributed by atoms with E-state index in [1.807, 2.05) is 18.2 Å². The molecule has 4 nitrogen and oxygen atoms in total. The van der Waals surface area contributed by atoms with E-state index in [1.165, 1.54) is 31.2 Å². The molecule has 0 aromatic heterocycles. The van der Waals surface area contributed by atoms with Crippen LogP contribution in [-0.4, -0.2) is 37.1 Å². The summed E-state index contributed by atoms with van der Waals surface area (Å²) in [6, 6.07) is 10.3. The molecule has 1 aliphatic heterocycles. The number of halogens is 1. The molecule has 5 heteroatoms. The van der Waals surface area contributed by atoms with E-state index in [9.17, 15) is 0 Å². The number of aliphatic imine (C=N–C) groups is 1. The van der Waals surface area contributed by atoms with Crippen LogP contribution in [0, 0.1) is 5.92 Å². The second-order valence-electron chi connectivity index (χ2n) is 6.21. The molecule has 1 unspecified atom stereocenters. The number of rotatable bonds is 6. The van der Waals surface area contributed by atoms with Gasteiger partial charge in [0, 0.05) is 19.6 Å². The zero-order chi connectivity index (χ0) is 15.6. The average molecular weight is 431 g/mol. The minimum atomic E-state index is 0. The van der Waals surface area contributed by atoms with Crippen molar-refractivity contribution in [1.82, 2.24) is 4.90 Å². The highest BCUT2D eigenvalue weighted by Gasteiger charge is 2.11. The molecule has 0 amide bonds. The summed E-state index contributed by atoms with van der Waals surface area (Å²) < 4.78 is 5.76. The molecule has 1 atom stereocenters. The molecular formula is C18H30IN3O. The average Bonchev–Trinajstić information content (AvgIpc) is 2.83. The van der Waals surface area contributed by atoms with Gasteiger partial charge in [0.1, 0.15) is 0 Å². The van der Waals surface area contributed by atoms with E-state index >= 15 is 0 Å². The third kappa shape index (κ3) is 8.01. The quantitative estimate of drug-likeness (QED) is 0.425. The normalized spacial score (nSPS) is 17.3. The molecular weight excluding hydrogens is 401 g/mol. The van der Waals surface area contributed by atoms with Gasteiger partial charge in [-0.05, 0) is 24.3 Å². The number of nitrogens with zero attached hydrogens (tertiary/aromatic N) is 2. The molecule has 1 aliphatic rings. The number of hydrogen-bond acceptors (Lipinski definition) is 2. The summed E-state index contributed by atoms with van der Waals surface area (Å²) in [5.41, 5.74) is 7.33. The molecule has 0 bridgehead atoms. The van der Waals surface area contributed by atoms with E-state index < -0.39 is 0 Å². The Morgan fingerprint density at radius 1 is 1.17 bits per heavy atom. The van der Waals surface area contributed by atoms with E-state index in [4.69, 9.17) is 10.5 Å². The maximum Gasteiger partial charge on any atom is 0.191 e. The molecule has 0 spiro atoms. The Hall–Kier alpha value is -0.820. The summed E-state index contributed by atoms with van der Waals surface area (Å²) in [4.78, 5) is 6.78. The van der Waals surface area contributed by atoms with E-state index in [2.05, 4.69) is 28.9 Å². The van der Waals surface area contributed by atoms with Crippen LogP contribution in [0.1, 0.15) is 38.2 Å². The van der Waals surface area contributed by atoms with Gasteiger partial charge in [-0.3, -0.25) is 4.99 Å². The van der Waals surface area contributed by atoms with Crippen molar-refractivity contribution in [3.8, 4) is 0 Å². The molecule has 2 rings (SSSR count). The second kappa shape index (κ2) is 11.7. The first-order valence-electron chi connectivity index (χ1n) is 8.42. The Labute approximate surface area is 157 Å². The van der Waals surface area contributed by atoms with Crippen LogP contribution >= 0.6 is 24.0 Å². The standard InChI is InChI=1S/C18H29N3O.HI/c1-16(14-22-15-17-9-5-4-6-10-17)13-20-18(19)21-11-7-2-3-8-12-21;/h4-6,9-10,16H,2-3,7-8,11-15H2,1H3,(H2,19,20);1H. The van der Waals surface area contributed by atoms with Crippen molar-refractivity contribution in [2.24, 2.45) is 16.6 Å². The zero-order valence-corrected chi connectivity index (χ0v) is 16.4. The number of guanidine groups is 1. The first-order valence-corrected chi connectivity index (χ1v) is 8.42. The first kappa shape index (κ1) is 20.2. The minimum absolute atomic E-state index is 0. The van der Waals surface area contributed by atoms with Crippen LogP contribution < -0.4 is 5.73 Å². The van der Waals surface area contributed by atoms with E-state index in [-0.39, 0.29) is 24.0 Å². The summed E-state index contributed by atoms with van der Waals surface area (Å²) in [6.07, 6.45) is 5.08. The summed E-state index contributed by atoms with van der Waals surface area (Å²) in [5, 5.41) is 0. The van der Waals surface area contributed by atoms with Crippen molar-refractivity contribution in [2.45, 2.75) is 39.2 Å². The fraction of sp³-hybridized carbons (Fsp3) is 0.611. The summed E-state index contributed by atoms with van der Waals surface area (Å²) in [5.74, 6) is 1.09. The second-order valence-corrected chi connectivity index (χ2v) is 6.21. The van der Waals surface area contributed by atoms with Crippen molar-refractivity contribution in [1.29, 1.82) is 0 Å². The van der Waals surface area contributed by atoms with Crippen LogP contribution in [-0.2, 0) is 11.3 Å². The number of benzene rings is 1. The molecule has 1 aromatic carbocycles. The van der Waals surface area contributed by atoms with Crippen molar-refractivity contribution >= 4 is 29.9 Å². The number of likely N-dealkylation sites (tertiary alicyclic amines) is 1. The Bertz CT molecular complexity index is 445. The van der Waals surface area contributed by atoms with Gasteiger partial charge in [0.05, 0.1) is 13.2 Å². The lowest BCUT2D eigenvalue weighted by atomic mass is 10.2. The summed E-state index contributed by atoms with van der Waals surface area (Å²) in [7, 11) is 0. The molecule has 130 valence electrons. The third-order valence-electron chi connectivity index (χ3n) is 4.01. The van der Waals surface area contributed by atoms with Gasteiger partial charge in [-0.25, -0.2) is 0 Å². The van der Waals surface area contributed by atoms with E-state index in [0.29, 0.717) is 25.1 Å². The minimum Gasteiger partial charge on any atom is -0.376 e. The smallest absolute Gasteiger partial charge is 0.191 e. The van der Waals surface area contributed by atoms with Crippen LogP contribution in [0.15, 0.2) is 35.3 Å². The van der Waals surface area contributed by atoms with Crippen LogP contribution in [0.25, 0.3) is 0 Å². The lowest BCUT2D eigenvalue weighted by molar-refractivity contribution is 0.0944. The van der Waals surface area contributed by atoms with E-state index in [1.54, 1.807) is 0 Å². The maximum atomic E-state index is 6.12. The predicted molar refractivity (Wildman–Crippen MR) is 107 cm³/mol. The first-order chi connectivity index (χ1) is 10.8. The number of ether oxygens (including phenoxy) is 1. The molecule has 0 aliphatic carbocycles. The van der Waals surface area contributed by atoms with Gasteiger partial charge in [-0.1, -0.05) is 50.1 Å². The van der Waals surface area contributed by atoms with E-state index in [0.717, 1.165) is 19.6 Å². The highest BCUT2D eigenvalue weighted by molar-refractivity contribution is 14.0. The van der Waals surface area contributed by atoms with Gasteiger partial charge in [-0.15, -0.1) is 24.0 Å². The Balaban J connectivity index is 0.00000264. The van der Waals surface area contributed by atoms with Crippen molar-refractivity contribution in [2.75, 3.05) is 26.2 Å². The van der Waals surface area contributed by atoms with Crippen molar-refractivity contribution in [3.05, 3.63) is 35.9 Å². The molecule has 0 radical (unpaired) electrons. The van der Waals surface area contributed by atoms with Gasteiger partial charge in [0.15, 0.2) is 5.96 Å². The largest absolute Gasteiger partial charge is 0.376 e.